The largest absolute Gasteiger partial charge is 0.478 e. The summed E-state index contributed by atoms with van der Waals surface area (Å²) in [6.07, 6.45) is 19.3. The van der Waals surface area contributed by atoms with Crippen LogP contribution in [0.4, 0.5) is 54.4 Å². The summed E-state index contributed by atoms with van der Waals surface area (Å²) in [5.74, 6) is -9.21. The lowest BCUT2D eigenvalue weighted by Gasteiger charge is -2.20. The van der Waals surface area contributed by atoms with Crippen molar-refractivity contribution >= 4 is 157 Å². The number of rotatable bonds is 22. The molecule has 5 amide bonds. The number of aromatic amines is 3. The van der Waals surface area contributed by atoms with E-state index in [1.165, 1.54) is 121 Å². The predicted molar refractivity (Wildman–Crippen MR) is 498 cm³/mol. The van der Waals surface area contributed by atoms with E-state index in [-0.39, 0.29) is 70.5 Å². The first-order chi connectivity index (χ1) is 64.4. The first-order valence-corrected chi connectivity index (χ1v) is 41.4. The molecule has 0 aliphatic carbocycles. The maximum Gasteiger partial charge on any atom is 0.412 e. The molecule has 0 radical (unpaired) electrons. The van der Waals surface area contributed by atoms with Crippen molar-refractivity contribution in [3.05, 3.63) is 349 Å². The number of hydrogen-bond acceptors (Lipinski definition) is 14. The fourth-order valence-electron chi connectivity index (χ4n) is 13.3. The average molecular weight is 1850 g/mol. The lowest BCUT2D eigenvalue weighted by molar-refractivity contribution is -0.119. The number of amides is 5. The number of nitrogens with zero attached hydrogens (tertiary/aromatic N) is 8. The smallest absolute Gasteiger partial charge is 0.412 e. The van der Waals surface area contributed by atoms with Gasteiger partial charge in [0.1, 0.15) is 69.8 Å². The zero-order valence-electron chi connectivity index (χ0n) is 73.2. The highest BCUT2D eigenvalue weighted by Crippen LogP contribution is 2.32. The number of pyridine rings is 1. The SMILES string of the molecule is CC(C)[C@@H](CO)NC(=O)c1cc2c(/C=C/c3cccc(F)c3)n[nH]c2cc1F.C[C@H](NC(=O)c1cc2c(/C=C/c3cccc(F)c3)n[nH]c2cc1F)C(N)=O.Cn1nc(/C=C/c2cccc(F)c2)c2cc(C(=O)O)c(F)cc21.Cn1nc(/C=C/c2cccc(F)c2)c2cc(NC(=O)OC(C)(C)C)c(F)cc21.O=C(NCc1cccnc1)c1cc2c(/C=C/c3cccc(F)c3)n[nH]c2cc1F. The molecule has 6 heterocycles. The third-order valence-electron chi connectivity index (χ3n) is 20.3. The molecule has 16 aromatic rings. The molecule has 6 aromatic heterocycles. The van der Waals surface area contributed by atoms with E-state index in [9.17, 15) is 77.8 Å². The van der Waals surface area contributed by atoms with Crippen molar-refractivity contribution in [2.24, 2.45) is 25.7 Å². The van der Waals surface area contributed by atoms with Crippen LogP contribution in [0.1, 0.15) is 145 Å². The maximum absolute atomic E-state index is 14.4. The average Bonchev–Trinajstić information content (AvgIpc) is 1.64. The number of fused-ring (bicyclic) bond motifs is 5. The van der Waals surface area contributed by atoms with Crippen LogP contribution in [-0.4, -0.2) is 125 Å². The van der Waals surface area contributed by atoms with E-state index in [1.54, 1.807) is 179 Å². The van der Waals surface area contributed by atoms with Gasteiger partial charge in [-0.2, -0.15) is 25.5 Å². The summed E-state index contributed by atoms with van der Waals surface area (Å²) < 4.78 is 146. The van der Waals surface area contributed by atoms with Crippen molar-refractivity contribution < 1.29 is 87.6 Å². The number of nitrogens with two attached hydrogens (primary N) is 1. The Balaban J connectivity index is 0.000000152. The monoisotopic (exact) mass is 1840 g/mol. The quantitative estimate of drug-likeness (QED) is 0.0282. The van der Waals surface area contributed by atoms with Gasteiger partial charge in [0, 0.05) is 90.3 Å². The molecule has 11 N–H and O–H groups in total. The maximum atomic E-state index is 14.4. The molecule has 0 saturated carbocycles. The Morgan fingerprint density at radius 2 is 0.807 bits per heavy atom. The van der Waals surface area contributed by atoms with Crippen LogP contribution < -0.4 is 27.0 Å². The Morgan fingerprint density at radius 3 is 1.16 bits per heavy atom. The van der Waals surface area contributed by atoms with Gasteiger partial charge in [0.25, 0.3) is 17.7 Å². The number of aromatic nitrogens is 11. The molecular weight excluding hydrogens is 1760 g/mol. The summed E-state index contributed by atoms with van der Waals surface area (Å²) in [7, 11) is 3.34. The summed E-state index contributed by atoms with van der Waals surface area (Å²) in [5.41, 5.74) is 12.5. The van der Waals surface area contributed by atoms with Gasteiger partial charge in [-0.15, -0.1) is 0 Å². The molecule has 135 heavy (non-hydrogen) atoms. The van der Waals surface area contributed by atoms with Crippen molar-refractivity contribution in [2.75, 3.05) is 11.9 Å². The number of primary amides is 1. The minimum absolute atomic E-state index is 0.000528. The standard InChI is InChI=1S/C22H16F2N4O.2C21H21F2N3O2.C19H16F2N4O2.C17H12F2N2O2/c23-16-5-1-3-14(9-16)6-7-20-18-10-17(19(24)11-21(18)28-27-20)22(29)26-13-15-4-2-8-25-12-15;1-21(2,3)28-20(27)24-18-11-15-17(25-26(4)19(15)12-16(18)23)9-8-13-6-5-7-14(22)10-13;1-12(2)20(11-27)24-21(28)15-9-16-18(25-26-19(16)10-17(15)23)7-6-13-4-3-5-14(22)8-13;1-10(18(22)26)23-19(27)13-8-14-16(24-25-17(14)9-15(13)21)6-5-11-3-2-4-12(20)7-11;1-21-16-9-14(19)12(17(22)23)8-13(16)15(20-21)6-5-10-3-2-4-11(18)7-10/h1-12H,13H2,(H,26,29)(H,27,28);5-12H,1-4H3,(H,24,27);3-10,12,20,27H,11H2,1-2H3,(H,24,28)(H,25,26);2-10H,1H3,(H2,22,26)(H,23,27)(H,24,25);2-9H,1H3,(H,22,23)/b7-6+;9-8+;7-6+;2*6-5+/t;;20-;10-;/m..10./s1. The zero-order chi connectivity index (χ0) is 97.1. The van der Waals surface area contributed by atoms with Crippen LogP contribution in [0, 0.1) is 64.1 Å². The summed E-state index contributed by atoms with van der Waals surface area (Å²) in [6, 6.07) is 45.5. The Hall–Kier alpha value is -16.7. The fraction of sp³-hybridized carbons (Fsp3) is 0.140. The number of carboxylic acid groups (broad SMARTS) is 1. The number of aliphatic hydroxyl groups is 1. The van der Waals surface area contributed by atoms with E-state index in [1.807, 2.05) is 19.9 Å². The highest BCUT2D eigenvalue weighted by atomic mass is 19.2. The number of carboxylic acids is 1. The summed E-state index contributed by atoms with van der Waals surface area (Å²) in [4.78, 5) is 75.3. The molecule has 690 valence electrons. The van der Waals surface area contributed by atoms with E-state index in [2.05, 4.69) is 67.0 Å². The third-order valence-corrected chi connectivity index (χ3v) is 20.3. The second-order valence-corrected chi connectivity index (χ2v) is 31.7. The van der Waals surface area contributed by atoms with Crippen LogP contribution in [-0.2, 0) is 30.2 Å². The molecule has 0 aliphatic heterocycles. The Labute approximate surface area is 763 Å². The van der Waals surface area contributed by atoms with Crippen LogP contribution in [0.25, 0.3) is 115 Å². The molecule has 16 rings (SSSR count). The van der Waals surface area contributed by atoms with Gasteiger partial charge in [0.15, 0.2) is 0 Å². The predicted octanol–water partition coefficient (Wildman–Crippen LogP) is 19.8. The van der Waals surface area contributed by atoms with Gasteiger partial charge in [0.2, 0.25) is 5.91 Å². The Morgan fingerprint density at radius 1 is 0.444 bits per heavy atom. The van der Waals surface area contributed by atoms with Crippen LogP contribution in [0.5, 0.6) is 0 Å². The molecule has 10 aromatic carbocycles. The number of nitrogens with one attached hydrogen (secondary N) is 7. The lowest BCUT2D eigenvalue weighted by Crippen LogP contribution is -2.42. The van der Waals surface area contributed by atoms with Crippen molar-refractivity contribution in [2.45, 2.75) is 65.8 Å². The van der Waals surface area contributed by atoms with Crippen molar-refractivity contribution in [3.8, 4) is 0 Å². The molecule has 0 saturated heterocycles. The summed E-state index contributed by atoms with van der Waals surface area (Å²) in [5, 5.41) is 60.5. The number of aliphatic hydroxyl groups excluding tert-OH is 1. The van der Waals surface area contributed by atoms with E-state index >= 15 is 0 Å². The van der Waals surface area contributed by atoms with E-state index in [0.29, 0.717) is 111 Å². The Bertz CT molecular complexity index is 7280. The van der Waals surface area contributed by atoms with Crippen LogP contribution in [0.3, 0.4) is 0 Å². The number of ether oxygens (including phenoxy) is 1. The number of hydrogen-bond donors (Lipinski definition) is 10. The molecule has 0 unspecified atom stereocenters. The fourth-order valence-corrected chi connectivity index (χ4v) is 13.3. The van der Waals surface area contributed by atoms with Crippen molar-refractivity contribution in [1.29, 1.82) is 0 Å². The van der Waals surface area contributed by atoms with E-state index < -0.39 is 88.0 Å². The highest BCUT2D eigenvalue weighted by molar-refractivity contribution is 6.05. The first kappa shape index (κ1) is 97.3. The molecule has 0 spiro atoms. The van der Waals surface area contributed by atoms with Gasteiger partial charge in [-0.1, -0.05) is 111 Å². The molecule has 2 atom stereocenters. The van der Waals surface area contributed by atoms with Crippen molar-refractivity contribution in [1.82, 2.24) is 71.1 Å². The number of carbonyl (C=O) groups is 6. The van der Waals surface area contributed by atoms with Gasteiger partial charge in [0.05, 0.1) is 96.6 Å². The van der Waals surface area contributed by atoms with Gasteiger partial charge in [-0.25, -0.2) is 53.5 Å². The lowest BCUT2D eigenvalue weighted by atomic mass is 10.0. The topological polar surface area (TPSA) is 361 Å². The summed E-state index contributed by atoms with van der Waals surface area (Å²) >= 11 is 0. The van der Waals surface area contributed by atoms with Gasteiger partial charge in [-0.05, 0) is 194 Å². The number of carbonyl (C=O) groups excluding carboxylic acids is 5. The number of benzene rings is 10. The molecule has 35 heteroatoms. The van der Waals surface area contributed by atoms with Crippen LogP contribution in [0.2, 0.25) is 0 Å². The molecule has 25 nitrogen and oxygen atoms in total. The highest BCUT2D eigenvalue weighted by Gasteiger charge is 2.25. The molecule has 0 bridgehead atoms. The van der Waals surface area contributed by atoms with E-state index in [0.717, 1.165) is 17.7 Å². The normalized spacial score (nSPS) is 12.0. The van der Waals surface area contributed by atoms with Crippen LogP contribution >= 0.6 is 0 Å². The van der Waals surface area contributed by atoms with Gasteiger partial charge < -0.3 is 36.6 Å². The first-order valence-electron chi connectivity index (χ1n) is 41.4. The van der Waals surface area contributed by atoms with Gasteiger partial charge >= 0.3 is 12.1 Å². The van der Waals surface area contributed by atoms with E-state index in [4.69, 9.17) is 15.6 Å². The minimum atomic E-state index is -1.34. The Kier molecular flexibility index (Phi) is 31.6. The minimum Gasteiger partial charge on any atom is -0.478 e. The number of halogens is 10. The summed E-state index contributed by atoms with van der Waals surface area (Å²) in [6.45, 7) is 10.3. The number of aromatic carboxylic acids is 1. The zero-order valence-corrected chi connectivity index (χ0v) is 73.2. The number of H-pyrrole nitrogens is 3. The van der Waals surface area contributed by atoms with Gasteiger partial charge in [-0.3, -0.25) is 54.1 Å². The molecule has 0 aliphatic rings. The number of aryl methyl sites for hydroxylation is 2. The third kappa shape index (κ3) is 25.9. The van der Waals surface area contributed by atoms with Crippen LogP contribution in [0.15, 0.2) is 207 Å². The molecular formula is C100H86F10N16O9. The second kappa shape index (κ2) is 43.8. The second-order valence-electron chi connectivity index (χ2n) is 31.7. The molecule has 0 fully saturated rings. The van der Waals surface area contributed by atoms with Crippen molar-refractivity contribution in [3.63, 3.8) is 0 Å². The number of anilines is 1.